The predicted molar refractivity (Wildman–Crippen MR) is 121 cm³/mol. The minimum atomic E-state index is -0.962. The van der Waals surface area contributed by atoms with E-state index in [1.165, 1.54) is 12.3 Å². The highest BCUT2D eigenvalue weighted by Gasteiger charge is 2.32. The molecule has 1 aliphatic rings. The van der Waals surface area contributed by atoms with Crippen LogP contribution in [0, 0.1) is 24.5 Å². The fourth-order valence-electron chi connectivity index (χ4n) is 4.19. The molecule has 34 heavy (non-hydrogen) atoms. The van der Waals surface area contributed by atoms with E-state index in [4.69, 9.17) is 4.42 Å². The quantitative estimate of drug-likeness (QED) is 0.493. The van der Waals surface area contributed by atoms with Gasteiger partial charge >= 0.3 is 0 Å². The summed E-state index contributed by atoms with van der Waals surface area (Å²) < 4.78 is 33.6. The lowest BCUT2D eigenvalue weighted by molar-refractivity contribution is -0.126. The molecule has 0 saturated carbocycles. The van der Waals surface area contributed by atoms with Crippen molar-refractivity contribution in [1.82, 2.24) is 16.0 Å². The van der Waals surface area contributed by atoms with Gasteiger partial charge < -0.3 is 20.4 Å². The number of furan rings is 1. The first-order valence-corrected chi connectivity index (χ1v) is 11.0. The lowest BCUT2D eigenvalue weighted by Gasteiger charge is -2.24. The number of benzene rings is 2. The molecule has 0 radical (unpaired) electrons. The molecular formula is C25H25F2N3O4. The number of rotatable bonds is 7. The van der Waals surface area contributed by atoms with Gasteiger partial charge in [-0.05, 0) is 25.0 Å². The number of carbonyl (C=O) groups excluding carboxylic acids is 3. The molecule has 2 aromatic carbocycles. The summed E-state index contributed by atoms with van der Waals surface area (Å²) in [5.41, 5.74) is 1.81. The number of aryl methyl sites for hydroxylation is 1. The van der Waals surface area contributed by atoms with Crippen molar-refractivity contribution in [1.29, 1.82) is 0 Å². The highest BCUT2D eigenvalue weighted by Crippen LogP contribution is 2.25. The molecule has 3 atom stereocenters. The Labute approximate surface area is 194 Å². The first kappa shape index (κ1) is 23.4. The Hall–Kier alpha value is -3.75. The molecule has 3 N–H and O–H groups in total. The average molecular weight is 469 g/mol. The Morgan fingerprint density at radius 1 is 1.24 bits per heavy atom. The third kappa shape index (κ3) is 4.78. The van der Waals surface area contributed by atoms with Gasteiger partial charge in [-0.1, -0.05) is 31.2 Å². The number of fused-ring (bicyclic) bond motifs is 1. The maximum Gasteiger partial charge on any atom is 0.255 e. The van der Waals surface area contributed by atoms with E-state index in [1.807, 2.05) is 19.1 Å². The number of hydrogen-bond donors (Lipinski definition) is 3. The lowest BCUT2D eigenvalue weighted by Crippen LogP contribution is -2.45. The fourth-order valence-corrected chi connectivity index (χ4v) is 4.19. The summed E-state index contributed by atoms with van der Waals surface area (Å²) in [7, 11) is 0. The monoisotopic (exact) mass is 469 g/mol. The normalized spacial score (nSPS) is 17.3. The molecule has 1 aliphatic heterocycles. The van der Waals surface area contributed by atoms with Gasteiger partial charge in [0.15, 0.2) is 0 Å². The van der Waals surface area contributed by atoms with Crippen LogP contribution in [0.15, 0.2) is 47.1 Å². The molecule has 3 aromatic rings. The van der Waals surface area contributed by atoms with Gasteiger partial charge in [0.2, 0.25) is 11.8 Å². The predicted octanol–water partition coefficient (Wildman–Crippen LogP) is 3.52. The van der Waals surface area contributed by atoms with E-state index in [-0.39, 0.29) is 24.1 Å². The summed E-state index contributed by atoms with van der Waals surface area (Å²) >= 11 is 0. The van der Waals surface area contributed by atoms with E-state index in [0.29, 0.717) is 29.4 Å². The molecule has 9 heteroatoms. The van der Waals surface area contributed by atoms with Gasteiger partial charge in [-0.25, -0.2) is 8.78 Å². The standard InChI is InChI=1S/C25H25F2N3O4/c1-13-4-3-5-16-18(12-34-23(13)16)25(33)28-11-21(17-7-6-15(26)10-19(17)27)30-24(32)14(2)20-8-9-22(31)29-20/h3-7,10,12,14,20-21H,8-9,11H2,1-2H3,(H,28,33)(H,29,31)(H,30,32). The number of hydrogen-bond acceptors (Lipinski definition) is 4. The van der Waals surface area contributed by atoms with Crippen molar-refractivity contribution in [2.24, 2.45) is 5.92 Å². The minimum absolute atomic E-state index is 0.0330. The van der Waals surface area contributed by atoms with Crippen LogP contribution in [-0.2, 0) is 9.59 Å². The second-order valence-electron chi connectivity index (χ2n) is 8.54. The number of para-hydroxylation sites is 1. The second-order valence-corrected chi connectivity index (χ2v) is 8.54. The molecule has 178 valence electrons. The van der Waals surface area contributed by atoms with Crippen LogP contribution in [0.25, 0.3) is 11.0 Å². The third-order valence-electron chi connectivity index (χ3n) is 6.21. The van der Waals surface area contributed by atoms with Gasteiger partial charge in [0.25, 0.3) is 5.91 Å². The SMILES string of the molecule is Cc1cccc2c(C(=O)NCC(NC(=O)C(C)C3CCC(=O)N3)c3ccc(F)cc3F)coc12. The Morgan fingerprint density at radius 2 is 2.03 bits per heavy atom. The third-order valence-corrected chi connectivity index (χ3v) is 6.21. The molecular weight excluding hydrogens is 444 g/mol. The van der Waals surface area contributed by atoms with Crippen molar-refractivity contribution in [3.63, 3.8) is 0 Å². The maximum absolute atomic E-state index is 14.6. The van der Waals surface area contributed by atoms with Gasteiger partial charge in [-0.15, -0.1) is 0 Å². The Kier molecular flexibility index (Phi) is 6.63. The van der Waals surface area contributed by atoms with Crippen molar-refractivity contribution in [3.05, 3.63) is 71.0 Å². The largest absolute Gasteiger partial charge is 0.463 e. The van der Waals surface area contributed by atoms with Gasteiger partial charge in [0, 0.05) is 36.0 Å². The Bertz CT molecular complexity index is 1260. The van der Waals surface area contributed by atoms with E-state index < -0.39 is 35.4 Å². The van der Waals surface area contributed by atoms with Crippen LogP contribution in [0.2, 0.25) is 0 Å². The molecule has 0 spiro atoms. The van der Waals surface area contributed by atoms with Crippen LogP contribution in [0.1, 0.15) is 47.3 Å². The fraction of sp³-hybridized carbons (Fsp3) is 0.320. The number of halogens is 2. The highest BCUT2D eigenvalue weighted by molar-refractivity contribution is 6.06. The van der Waals surface area contributed by atoms with Crippen molar-refractivity contribution in [3.8, 4) is 0 Å². The van der Waals surface area contributed by atoms with E-state index in [9.17, 15) is 23.2 Å². The zero-order chi connectivity index (χ0) is 24.4. The van der Waals surface area contributed by atoms with Crippen LogP contribution in [0.3, 0.4) is 0 Å². The topological polar surface area (TPSA) is 100 Å². The summed E-state index contributed by atoms with van der Waals surface area (Å²) in [6, 6.07) is 7.19. The van der Waals surface area contributed by atoms with Gasteiger partial charge in [-0.3, -0.25) is 14.4 Å². The zero-order valence-electron chi connectivity index (χ0n) is 18.8. The molecule has 3 amide bonds. The van der Waals surface area contributed by atoms with Crippen LogP contribution in [-0.4, -0.2) is 30.3 Å². The first-order valence-electron chi connectivity index (χ1n) is 11.0. The van der Waals surface area contributed by atoms with Crippen LogP contribution >= 0.6 is 0 Å². The summed E-state index contributed by atoms with van der Waals surface area (Å²) in [5, 5.41) is 8.84. The molecule has 4 rings (SSSR count). The molecule has 2 heterocycles. The number of nitrogens with one attached hydrogen (secondary N) is 3. The van der Waals surface area contributed by atoms with E-state index in [0.717, 1.165) is 17.7 Å². The molecule has 0 aliphatic carbocycles. The van der Waals surface area contributed by atoms with Gasteiger partial charge in [0.05, 0.1) is 17.5 Å². The van der Waals surface area contributed by atoms with Crippen LogP contribution in [0.5, 0.6) is 0 Å². The second kappa shape index (κ2) is 9.62. The van der Waals surface area contributed by atoms with Crippen molar-refractivity contribution in [2.75, 3.05) is 6.54 Å². The Morgan fingerprint density at radius 3 is 2.74 bits per heavy atom. The van der Waals surface area contributed by atoms with Crippen molar-refractivity contribution in [2.45, 2.75) is 38.8 Å². The zero-order valence-corrected chi connectivity index (χ0v) is 18.8. The molecule has 1 saturated heterocycles. The van der Waals surface area contributed by atoms with Crippen LogP contribution < -0.4 is 16.0 Å². The van der Waals surface area contributed by atoms with Gasteiger partial charge in [-0.2, -0.15) is 0 Å². The smallest absolute Gasteiger partial charge is 0.255 e. The first-order chi connectivity index (χ1) is 16.2. The molecule has 7 nitrogen and oxygen atoms in total. The Balaban J connectivity index is 1.53. The summed E-state index contributed by atoms with van der Waals surface area (Å²) in [6.45, 7) is 3.39. The number of carbonyl (C=O) groups is 3. The average Bonchev–Trinajstić information content (AvgIpc) is 3.43. The summed E-state index contributed by atoms with van der Waals surface area (Å²) in [4.78, 5) is 37.3. The molecule has 1 aromatic heterocycles. The maximum atomic E-state index is 14.6. The molecule has 1 fully saturated rings. The van der Waals surface area contributed by atoms with Crippen molar-refractivity contribution >= 4 is 28.7 Å². The van der Waals surface area contributed by atoms with E-state index >= 15 is 0 Å². The molecule has 0 bridgehead atoms. The highest BCUT2D eigenvalue weighted by atomic mass is 19.1. The van der Waals surface area contributed by atoms with E-state index in [2.05, 4.69) is 16.0 Å². The summed E-state index contributed by atoms with van der Waals surface area (Å²) in [5.74, 6) is -3.17. The number of amides is 3. The van der Waals surface area contributed by atoms with Gasteiger partial charge in [0.1, 0.15) is 23.5 Å². The van der Waals surface area contributed by atoms with Crippen molar-refractivity contribution < 1.29 is 27.6 Å². The lowest BCUT2D eigenvalue weighted by atomic mass is 9.98. The minimum Gasteiger partial charge on any atom is -0.463 e. The van der Waals surface area contributed by atoms with Crippen LogP contribution in [0.4, 0.5) is 8.78 Å². The summed E-state index contributed by atoms with van der Waals surface area (Å²) in [6.07, 6.45) is 2.21. The molecule has 3 unspecified atom stereocenters. The van der Waals surface area contributed by atoms with E-state index in [1.54, 1.807) is 13.0 Å².